The summed E-state index contributed by atoms with van der Waals surface area (Å²) in [6.45, 7) is 0.447. The molecule has 1 aromatic heterocycles. The quantitative estimate of drug-likeness (QED) is 0.780. The fourth-order valence-corrected chi connectivity index (χ4v) is 2.00. The first-order chi connectivity index (χ1) is 7.38. The van der Waals surface area contributed by atoms with E-state index in [2.05, 4.69) is 5.48 Å². The number of hydroxylamine groups is 1. The summed E-state index contributed by atoms with van der Waals surface area (Å²) >= 11 is 1.51. The van der Waals surface area contributed by atoms with Crippen molar-refractivity contribution in [1.29, 1.82) is 0 Å². The second kappa shape index (κ2) is 4.93. The van der Waals surface area contributed by atoms with Gasteiger partial charge in [-0.05, 0) is 24.3 Å². The van der Waals surface area contributed by atoms with Gasteiger partial charge in [0, 0.05) is 4.88 Å². The van der Waals surface area contributed by atoms with E-state index >= 15 is 0 Å². The van der Waals surface area contributed by atoms with Crippen molar-refractivity contribution in [3.63, 3.8) is 0 Å². The zero-order valence-corrected chi connectivity index (χ0v) is 8.83. The lowest BCUT2D eigenvalue weighted by atomic mass is 10.3. The molecule has 0 aliphatic heterocycles. The molecule has 0 unspecified atom stereocenters. The van der Waals surface area contributed by atoms with E-state index in [4.69, 9.17) is 9.94 Å². The average Bonchev–Trinajstić information content (AvgIpc) is 2.68. The van der Waals surface area contributed by atoms with Gasteiger partial charge in [0.2, 0.25) is 0 Å². The zero-order valence-electron chi connectivity index (χ0n) is 8.01. The van der Waals surface area contributed by atoms with Gasteiger partial charge in [0.15, 0.2) is 5.06 Å². The summed E-state index contributed by atoms with van der Waals surface area (Å²) in [5.41, 5.74) is 2.12. The maximum atomic E-state index is 8.53. The summed E-state index contributed by atoms with van der Waals surface area (Å²) < 4.78 is 5.61. The van der Waals surface area contributed by atoms with Gasteiger partial charge in [0.05, 0.1) is 6.54 Å². The minimum absolute atomic E-state index is 0.447. The lowest BCUT2D eigenvalue weighted by molar-refractivity contribution is 0.162. The molecule has 1 aromatic carbocycles. The molecule has 1 heterocycles. The number of para-hydroxylation sites is 1. The van der Waals surface area contributed by atoms with E-state index in [0.717, 1.165) is 15.7 Å². The Kier molecular flexibility index (Phi) is 3.34. The highest BCUT2D eigenvalue weighted by molar-refractivity contribution is 7.13. The third-order valence-electron chi connectivity index (χ3n) is 1.85. The second-order valence-corrected chi connectivity index (χ2v) is 4.10. The van der Waals surface area contributed by atoms with Gasteiger partial charge in [-0.1, -0.05) is 18.2 Å². The summed E-state index contributed by atoms with van der Waals surface area (Å²) in [6, 6.07) is 13.4. The van der Waals surface area contributed by atoms with Gasteiger partial charge in [-0.2, -0.15) is 0 Å². The van der Waals surface area contributed by atoms with Gasteiger partial charge < -0.3 is 9.94 Å². The van der Waals surface area contributed by atoms with Crippen LogP contribution in [0.15, 0.2) is 42.5 Å². The Morgan fingerprint density at radius 1 is 1.13 bits per heavy atom. The molecule has 0 amide bonds. The largest absolute Gasteiger partial charge is 0.447 e. The fraction of sp³-hybridized carbons (Fsp3) is 0.0909. The van der Waals surface area contributed by atoms with Gasteiger partial charge >= 0.3 is 0 Å². The van der Waals surface area contributed by atoms with Crippen LogP contribution < -0.4 is 10.2 Å². The molecular formula is C11H11NO2S. The van der Waals surface area contributed by atoms with Crippen LogP contribution in [0.4, 0.5) is 0 Å². The van der Waals surface area contributed by atoms with Gasteiger partial charge in [0.25, 0.3) is 0 Å². The van der Waals surface area contributed by atoms with E-state index < -0.39 is 0 Å². The van der Waals surface area contributed by atoms with Crippen LogP contribution in [0.3, 0.4) is 0 Å². The van der Waals surface area contributed by atoms with E-state index in [-0.39, 0.29) is 0 Å². The van der Waals surface area contributed by atoms with Crippen molar-refractivity contribution in [3.8, 4) is 10.8 Å². The highest BCUT2D eigenvalue weighted by atomic mass is 32.1. The van der Waals surface area contributed by atoms with Crippen molar-refractivity contribution in [1.82, 2.24) is 5.48 Å². The molecule has 0 atom stereocenters. The lowest BCUT2D eigenvalue weighted by Gasteiger charge is -2.00. The topological polar surface area (TPSA) is 41.5 Å². The van der Waals surface area contributed by atoms with Crippen LogP contribution in [-0.4, -0.2) is 5.21 Å². The van der Waals surface area contributed by atoms with Gasteiger partial charge in [-0.25, -0.2) is 5.48 Å². The van der Waals surface area contributed by atoms with E-state index in [0.29, 0.717) is 6.54 Å². The van der Waals surface area contributed by atoms with Gasteiger partial charge in [0.1, 0.15) is 5.75 Å². The standard InChI is InChI=1S/C11H11NO2S/c13-12-8-10-6-7-11(15-10)14-9-4-2-1-3-5-9/h1-7,12-13H,8H2. The third-order valence-corrected chi connectivity index (χ3v) is 2.82. The SMILES string of the molecule is ONCc1ccc(Oc2ccccc2)s1. The van der Waals surface area contributed by atoms with Crippen LogP contribution in [0.25, 0.3) is 0 Å². The molecular weight excluding hydrogens is 210 g/mol. The Morgan fingerprint density at radius 2 is 1.93 bits per heavy atom. The Balaban J connectivity index is 2.05. The monoisotopic (exact) mass is 221 g/mol. The van der Waals surface area contributed by atoms with Gasteiger partial charge in [-0.3, -0.25) is 0 Å². The molecule has 4 heteroatoms. The average molecular weight is 221 g/mol. The van der Waals surface area contributed by atoms with E-state index in [9.17, 15) is 0 Å². The summed E-state index contributed by atoms with van der Waals surface area (Å²) in [4.78, 5) is 1.03. The summed E-state index contributed by atoms with van der Waals surface area (Å²) in [6.07, 6.45) is 0. The van der Waals surface area contributed by atoms with Crippen molar-refractivity contribution in [2.45, 2.75) is 6.54 Å². The number of ether oxygens (including phenoxy) is 1. The van der Waals surface area contributed by atoms with Crippen molar-refractivity contribution in [3.05, 3.63) is 47.3 Å². The Bertz CT molecular complexity index is 414. The predicted octanol–water partition coefficient (Wildman–Crippen LogP) is 3.02. The Labute approximate surface area is 91.9 Å². The number of rotatable bonds is 4. The van der Waals surface area contributed by atoms with Crippen LogP contribution in [0.2, 0.25) is 0 Å². The Morgan fingerprint density at radius 3 is 2.67 bits per heavy atom. The molecule has 0 aliphatic rings. The van der Waals surface area contributed by atoms with Crippen LogP contribution >= 0.6 is 11.3 Å². The molecule has 0 saturated carbocycles. The van der Waals surface area contributed by atoms with Crippen molar-refractivity contribution in [2.75, 3.05) is 0 Å². The molecule has 0 spiro atoms. The van der Waals surface area contributed by atoms with Crippen LogP contribution in [0, 0.1) is 0 Å². The third kappa shape index (κ3) is 2.79. The van der Waals surface area contributed by atoms with Crippen molar-refractivity contribution >= 4 is 11.3 Å². The maximum Gasteiger partial charge on any atom is 0.181 e. The van der Waals surface area contributed by atoms with E-state index in [1.54, 1.807) is 0 Å². The molecule has 78 valence electrons. The first-order valence-corrected chi connectivity index (χ1v) is 5.39. The summed E-state index contributed by atoms with van der Waals surface area (Å²) in [5, 5.41) is 9.36. The van der Waals surface area contributed by atoms with Crippen molar-refractivity contribution < 1.29 is 9.94 Å². The Hall–Kier alpha value is -1.36. The molecule has 2 aromatic rings. The highest BCUT2D eigenvalue weighted by Crippen LogP contribution is 2.29. The molecule has 0 fully saturated rings. The minimum Gasteiger partial charge on any atom is -0.447 e. The summed E-state index contributed by atoms with van der Waals surface area (Å²) in [7, 11) is 0. The number of benzene rings is 1. The molecule has 0 radical (unpaired) electrons. The van der Waals surface area contributed by atoms with E-state index in [1.165, 1.54) is 11.3 Å². The molecule has 0 aliphatic carbocycles. The number of nitrogens with one attached hydrogen (secondary N) is 1. The van der Waals surface area contributed by atoms with Crippen LogP contribution in [0.5, 0.6) is 10.8 Å². The first-order valence-electron chi connectivity index (χ1n) is 4.57. The lowest BCUT2D eigenvalue weighted by Crippen LogP contribution is -2.03. The number of thiophene rings is 1. The normalized spacial score (nSPS) is 10.2. The molecule has 2 N–H and O–H groups in total. The van der Waals surface area contributed by atoms with Gasteiger partial charge in [-0.15, -0.1) is 11.3 Å². The number of hydrogen-bond donors (Lipinski definition) is 2. The molecule has 2 rings (SSSR count). The molecule has 0 bridgehead atoms. The smallest absolute Gasteiger partial charge is 0.181 e. The molecule has 15 heavy (non-hydrogen) atoms. The van der Waals surface area contributed by atoms with Crippen molar-refractivity contribution in [2.24, 2.45) is 0 Å². The van der Waals surface area contributed by atoms with E-state index in [1.807, 2.05) is 42.5 Å². The minimum atomic E-state index is 0.447. The fourth-order valence-electron chi connectivity index (χ4n) is 1.19. The van der Waals surface area contributed by atoms with Crippen LogP contribution in [-0.2, 0) is 6.54 Å². The molecule has 3 nitrogen and oxygen atoms in total. The summed E-state index contributed by atoms with van der Waals surface area (Å²) in [5.74, 6) is 0.822. The molecule has 0 saturated heterocycles. The first kappa shape index (κ1) is 10.2. The zero-order chi connectivity index (χ0) is 10.5. The number of hydrogen-bond acceptors (Lipinski definition) is 4. The van der Waals surface area contributed by atoms with Crippen LogP contribution in [0.1, 0.15) is 4.88 Å². The highest BCUT2D eigenvalue weighted by Gasteiger charge is 2.01. The maximum absolute atomic E-state index is 8.53. The predicted molar refractivity (Wildman–Crippen MR) is 59.5 cm³/mol. The second-order valence-electron chi connectivity index (χ2n) is 2.97.